The van der Waals surface area contributed by atoms with Gasteiger partial charge in [-0.3, -0.25) is 4.79 Å². The van der Waals surface area contributed by atoms with Crippen LogP contribution in [0.2, 0.25) is 5.02 Å². The summed E-state index contributed by atoms with van der Waals surface area (Å²) in [5, 5.41) is 2.01. The summed E-state index contributed by atoms with van der Waals surface area (Å²) in [4.78, 5) is 12.8. The van der Waals surface area contributed by atoms with E-state index in [0.29, 0.717) is 0 Å². The minimum absolute atomic E-state index is 0.0258. The molecule has 3 rings (SSSR count). The molecule has 1 N–H and O–H groups in total. The lowest BCUT2D eigenvalue weighted by atomic mass is 9.94. The van der Waals surface area contributed by atoms with Crippen molar-refractivity contribution in [3.8, 4) is 0 Å². The van der Waals surface area contributed by atoms with Gasteiger partial charge >= 0.3 is 6.18 Å². The van der Waals surface area contributed by atoms with Crippen molar-refractivity contribution in [3.63, 3.8) is 0 Å². The van der Waals surface area contributed by atoms with Gasteiger partial charge in [-0.05, 0) is 24.6 Å². The Labute approximate surface area is 177 Å². The second-order valence-electron chi connectivity index (χ2n) is 6.98. The third-order valence-corrected chi connectivity index (χ3v) is 7.36. The van der Waals surface area contributed by atoms with Crippen molar-refractivity contribution in [1.82, 2.24) is 9.62 Å². The molecule has 0 aliphatic carbocycles. The minimum Gasteiger partial charge on any atom is -0.347 e. The van der Waals surface area contributed by atoms with Gasteiger partial charge in [0, 0.05) is 19.0 Å². The van der Waals surface area contributed by atoms with E-state index in [0.717, 1.165) is 17.7 Å². The highest BCUT2D eigenvalue weighted by atomic mass is 35.5. The Morgan fingerprint density at radius 2 is 1.80 bits per heavy atom. The topological polar surface area (TPSA) is 66.5 Å². The van der Waals surface area contributed by atoms with Crippen molar-refractivity contribution in [2.45, 2.75) is 25.1 Å². The van der Waals surface area contributed by atoms with Crippen LogP contribution < -0.4 is 5.32 Å². The maximum absolute atomic E-state index is 13.1. The van der Waals surface area contributed by atoms with Crippen molar-refractivity contribution in [2.24, 2.45) is 0 Å². The number of amides is 1. The highest BCUT2D eigenvalue weighted by Gasteiger charge is 2.40. The maximum Gasteiger partial charge on any atom is 0.417 e. The van der Waals surface area contributed by atoms with Crippen LogP contribution in [-0.2, 0) is 16.2 Å². The first kappa shape index (κ1) is 22.6. The zero-order valence-corrected chi connectivity index (χ0v) is 17.6. The van der Waals surface area contributed by atoms with Crippen LogP contribution in [0.5, 0.6) is 0 Å². The predicted octanol–water partition coefficient (Wildman–Crippen LogP) is 3.91. The highest BCUT2D eigenvalue weighted by Crippen LogP contribution is 2.36. The molecule has 0 spiro atoms. The van der Waals surface area contributed by atoms with Crippen LogP contribution in [-0.4, -0.2) is 43.5 Å². The van der Waals surface area contributed by atoms with Crippen molar-refractivity contribution >= 4 is 27.5 Å². The number of alkyl halides is 3. The molecule has 1 saturated heterocycles. The lowest BCUT2D eigenvalue weighted by Gasteiger charge is -2.21. The van der Waals surface area contributed by atoms with Gasteiger partial charge in [0.2, 0.25) is 10.0 Å². The third kappa shape index (κ3) is 4.63. The molecule has 2 atom stereocenters. The largest absolute Gasteiger partial charge is 0.417 e. The monoisotopic (exact) mass is 460 g/mol. The molecule has 1 heterocycles. The number of carbonyl (C=O) groups excluding carboxylic acids is 1. The number of halogens is 4. The average molecular weight is 461 g/mol. The number of nitrogens with one attached hydrogen (secondary N) is 1. The molecule has 0 saturated carbocycles. The Hall–Kier alpha value is -2.10. The number of sulfonamides is 1. The first-order valence-corrected chi connectivity index (χ1v) is 11.2. The average Bonchev–Trinajstić information content (AvgIpc) is 3.12. The normalized spacial score (nSPS) is 20.3. The Bertz CT molecular complexity index is 1030. The zero-order valence-electron chi connectivity index (χ0n) is 16.0. The molecule has 1 aliphatic rings. The van der Waals surface area contributed by atoms with Gasteiger partial charge in [-0.2, -0.15) is 17.5 Å². The summed E-state index contributed by atoms with van der Waals surface area (Å²) < 4.78 is 65.3. The van der Waals surface area contributed by atoms with E-state index >= 15 is 0 Å². The third-order valence-electron chi connectivity index (χ3n) is 5.14. The van der Waals surface area contributed by atoms with Crippen LogP contribution in [0, 0.1) is 0 Å². The number of nitrogens with zero attached hydrogens (tertiary/aromatic N) is 1. The first-order chi connectivity index (χ1) is 14.0. The van der Waals surface area contributed by atoms with E-state index < -0.39 is 38.7 Å². The molecule has 10 heteroatoms. The van der Waals surface area contributed by atoms with E-state index in [1.54, 1.807) is 12.1 Å². The summed E-state index contributed by atoms with van der Waals surface area (Å²) in [7, 11) is -3.50. The van der Waals surface area contributed by atoms with Crippen LogP contribution in [0.3, 0.4) is 0 Å². The second-order valence-corrected chi connectivity index (χ2v) is 9.62. The van der Waals surface area contributed by atoms with E-state index in [1.165, 1.54) is 17.3 Å². The Kier molecular flexibility index (Phi) is 6.45. The Balaban J connectivity index is 1.90. The van der Waals surface area contributed by atoms with Gasteiger partial charge in [-0.1, -0.05) is 48.0 Å². The van der Waals surface area contributed by atoms with Gasteiger partial charge in [0.1, 0.15) is 0 Å². The van der Waals surface area contributed by atoms with Crippen molar-refractivity contribution in [1.29, 1.82) is 0 Å². The molecule has 1 aliphatic heterocycles. The number of hydrogen-bond acceptors (Lipinski definition) is 3. The molecule has 162 valence electrons. The molecular formula is C20H20ClF3N2O3S. The number of carbonyl (C=O) groups is 1. The number of hydrogen-bond donors (Lipinski definition) is 1. The van der Waals surface area contributed by atoms with Crippen LogP contribution in [0.1, 0.15) is 34.3 Å². The SMILES string of the molecule is CCS(=O)(=O)N1C[C@H](NC(=O)c2cccc(C(F)(F)F)c2Cl)[C@@H](c2ccccc2)C1. The van der Waals surface area contributed by atoms with Crippen molar-refractivity contribution in [2.75, 3.05) is 18.8 Å². The summed E-state index contributed by atoms with van der Waals surface area (Å²) in [5.74, 6) is -1.22. The van der Waals surface area contributed by atoms with Crippen LogP contribution >= 0.6 is 11.6 Å². The molecule has 1 fully saturated rings. The van der Waals surface area contributed by atoms with Gasteiger partial charge in [0.05, 0.1) is 27.9 Å². The fourth-order valence-electron chi connectivity index (χ4n) is 3.53. The van der Waals surface area contributed by atoms with Gasteiger partial charge in [0.15, 0.2) is 0 Å². The van der Waals surface area contributed by atoms with Crippen LogP contribution in [0.15, 0.2) is 48.5 Å². The molecule has 2 aromatic rings. The quantitative estimate of drug-likeness (QED) is 0.735. The molecule has 0 aromatic heterocycles. The van der Waals surface area contributed by atoms with Gasteiger partial charge in [-0.15, -0.1) is 0 Å². The van der Waals surface area contributed by atoms with E-state index in [2.05, 4.69) is 5.32 Å². The van der Waals surface area contributed by atoms with Crippen LogP contribution in [0.4, 0.5) is 13.2 Å². The lowest BCUT2D eigenvalue weighted by Crippen LogP contribution is -2.40. The summed E-state index contributed by atoms with van der Waals surface area (Å²) >= 11 is 5.86. The molecule has 0 radical (unpaired) electrons. The molecule has 1 amide bonds. The maximum atomic E-state index is 13.1. The molecule has 2 aromatic carbocycles. The highest BCUT2D eigenvalue weighted by molar-refractivity contribution is 7.89. The van der Waals surface area contributed by atoms with E-state index in [9.17, 15) is 26.4 Å². The van der Waals surface area contributed by atoms with E-state index in [1.807, 2.05) is 18.2 Å². The lowest BCUT2D eigenvalue weighted by molar-refractivity contribution is -0.137. The second kappa shape index (κ2) is 8.56. The smallest absolute Gasteiger partial charge is 0.347 e. The Morgan fingerprint density at radius 3 is 2.40 bits per heavy atom. The van der Waals surface area contributed by atoms with Crippen molar-refractivity contribution < 1.29 is 26.4 Å². The summed E-state index contributed by atoms with van der Waals surface area (Å²) in [6.07, 6.45) is -4.70. The Morgan fingerprint density at radius 1 is 1.13 bits per heavy atom. The summed E-state index contributed by atoms with van der Waals surface area (Å²) in [5.41, 5.74) is -0.583. The van der Waals surface area contributed by atoms with Gasteiger partial charge < -0.3 is 5.32 Å². The van der Waals surface area contributed by atoms with Gasteiger partial charge in [0.25, 0.3) is 5.91 Å². The standard InChI is InChI=1S/C20H20ClF3N2O3S/c1-2-30(28,29)26-11-15(13-7-4-3-5-8-13)17(12-26)25-19(27)14-9-6-10-16(18(14)21)20(22,23)24/h3-10,15,17H,2,11-12H2,1H3,(H,25,27)/t15-,17+/m1/s1. The zero-order chi connectivity index (χ0) is 22.1. The minimum atomic E-state index is -4.70. The molecule has 0 unspecified atom stereocenters. The van der Waals surface area contributed by atoms with Crippen LogP contribution in [0.25, 0.3) is 0 Å². The van der Waals surface area contributed by atoms with Crippen molar-refractivity contribution in [3.05, 3.63) is 70.2 Å². The van der Waals surface area contributed by atoms with Gasteiger partial charge in [-0.25, -0.2) is 8.42 Å². The van der Waals surface area contributed by atoms with E-state index in [4.69, 9.17) is 11.6 Å². The number of benzene rings is 2. The number of rotatable bonds is 5. The fraction of sp³-hybridized carbons (Fsp3) is 0.350. The molecule has 5 nitrogen and oxygen atoms in total. The summed E-state index contributed by atoms with van der Waals surface area (Å²) in [6, 6.07) is 11.6. The molecule has 30 heavy (non-hydrogen) atoms. The molecular weight excluding hydrogens is 441 g/mol. The first-order valence-electron chi connectivity index (χ1n) is 9.24. The molecule has 0 bridgehead atoms. The summed E-state index contributed by atoms with van der Waals surface area (Å²) in [6.45, 7) is 1.72. The predicted molar refractivity (Wildman–Crippen MR) is 108 cm³/mol. The van der Waals surface area contributed by atoms with E-state index in [-0.39, 0.29) is 30.3 Å². The fourth-order valence-corrected chi connectivity index (χ4v) is 4.99.